The first kappa shape index (κ1) is 64.3. The Labute approximate surface area is 496 Å². The van der Waals surface area contributed by atoms with Crippen LogP contribution in [0.4, 0.5) is 14.4 Å². The summed E-state index contributed by atoms with van der Waals surface area (Å²) in [7, 11) is 12.7. The Morgan fingerprint density at radius 1 is 0.625 bits per heavy atom. The summed E-state index contributed by atoms with van der Waals surface area (Å²) in [5.74, 6) is -0.532. The van der Waals surface area contributed by atoms with Gasteiger partial charge in [-0.15, -0.1) is 0 Å². The molecule has 0 aromatic heterocycles. The Hall–Kier alpha value is -4.92. The molecule has 3 aromatic rings. The van der Waals surface area contributed by atoms with Gasteiger partial charge in [0.25, 0.3) is 5.91 Å². The predicted molar refractivity (Wildman–Crippen MR) is 302 cm³/mol. The van der Waals surface area contributed by atoms with E-state index in [1.807, 2.05) is 50.2 Å². The summed E-state index contributed by atoms with van der Waals surface area (Å²) in [6, 6.07) is 31.0. The molecule has 0 unspecified atom stereocenters. The fourth-order valence-corrected chi connectivity index (χ4v) is 14.0. The third kappa shape index (κ3) is 13.1. The number of carbonyl (C=O) groups excluding carboxylic acids is 6. The molecule has 7 amide bonds. The van der Waals surface area contributed by atoms with Crippen molar-refractivity contribution in [2.45, 2.75) is 162 Å². The molecular weight excluding hydrogens is 1030 g/mol. The van der Waals surface area contributed by atoms with Crippen molar-refractivity contribution in [3.05, 3.63) is 108 Å². The minimum atomic E-state index is -0.765. The topological polar surface area (TPSA) is 217 Å². The molecule has 3 spiro atoms. The molecule has 19 heteroatoms. The number of nitrogens with one attached hydrogen (secondary N) is 3. The predicted octanol–water partition coefficient (Wildman–Crippen LogP) is 4.06. The molecular formula is C61H87N9NaO9-. The minimum Gasteiger partial charge on any atom is -0.870 e. The number of amides is 7. The number of ether oxygens (including phenoxy) is 1. The zero-order chi connectivity index (χ0) is 56.4. The Morgan fingerprint density at radius 3 is 1.44 bits per heavy atom. The van der Waals surface area contributed by atoms with Crippen LogP contribution in [0.3, 0.4) is 0 Å². The summed E-state index contributed by atoms with van der Waals surface area (Å²) in [5, 5.41) is 19.2. The Kier molecular flexibility index (Phi) is 20.3. The van der Waals surface area contributed by atoms with E-state index in [4.69, 9.17) is 4.74 Å². The maximum atomic E-state index is 13.1. The van der Waals surface area contributed by atoms with Crippen LogP contribution in [0.15, 0.2) is 91.0 Å². The SMILES string of the molecule is CN(C)C1(c2ccccc2)CCC2(CC1)CN(CC(=O)OC(C)(C)C)C(=O)N2.CN(C)C1(c2ccccc2)CCC2(CC1)CN(C[C-]=O)C(=O)N2CC1(O)CCC1.CN(C)C1(c2ccccc2)CCC2(CC1)NC(=O)NC2=O.[Na+].[OH-]. The van der Waals surface area contributed by atoms with E-state index in [1.165, 1.54) is 16.7 Å². The van der Waals surface area contributed by atoms with Crippen LogP contribution in [0.25, 0.3) is 0 Å². The molecule has 80 heavy (non-hydrogen) atoms. The summed E-state index contributed by atoms with van der Waals surface area (Å²) >= 11 is 0. The van der Waals surface area contributed by atoms with Crippen LogP contribution in [-0.4, -0.2) is 179 Å². The van der Waals surface area contributed by atoms with Crippen LogP contribution >= 0.6 is 0 Å². The Balaban J connectivity index is 0.000000194. The van der Waals surface area contributed by atoms with E-state index >= 15 is 0 Å². The maximum absolute atomic E-state index is 13.1. The minimum absolute atomic E-state index is 0. The molecule has 3 heterocycles. The van der Waals surface area contributed by atoms with Gasteiger partial charge in [-0.25, -0.2) is 20.7 Å². The molecule has 3 aliphatic heterocycles. The van der Waals surface area contributed by atoms with E-state index in [9.17, 15) is 33.9 Å². The van der Waals surface area contributed by atoms with Gasteiger partial charge in [0.15, 0.2) is 0 Å². The molecule has 0 bridgehead atoms. The standard InChI is InChI=1S/C23H32N3O3.C22H33N3O3.C16H21N3O2.Na.H2O/c1-24(2)23(19-7-4-3-5-8-19)13-11-21(12-14-23)17-25(15-16-27)20(28)26(21)18-22(29)9-6-10-22;1-20(2,3)28-18(26)15-25-16-21(23-19(25)27)11-13-22(14-12-21,24(4)5)17-9-7-6-8-10-17;1-19(2)16(12-6-4-3-5-7-12)10-8-15(9-11-16)13(20)17-14(21)18-15;;/h3-5,7-8,29H,6,9-15,17-18H2,1-2H3;6-10H,11-16H2,1-5H3,(H,23,27);3-7H,8-11H2,1-2H3,(H2,17,18,20,21);;1H2/q-1;;;+1;/p-1. The quantitative estimate of drug-likeness (QED) is 0.0875. The average Bonchev–Trinajstić information content (AvgIpc) is 4.13. The Bertz CT molecular complexity index is 2610. The molecule has 0 atom stereocenters. The van der Waals surface area contributed by atoms with Crippen LogP contribution in [0.5, 0.6) is 0 Å². The summed E-state index contributed by atoms with van der Waals surface area (Å²) in [6.45, 7) is 7.00. The molecule has 4 saturated carbocycles. The largest absolute Gasteiger partial charge is 1.00 e. The molecule has 18 nitrogen and oxygen atoms in total. The van der Waals surface area contributed by atoms with Crippen LogP contribution in [-0.2, 0) is 35.7 Å². The summed E-state index contributed by atoms with van der Waals surface area (Å²) < 4.78 is 5.38. The number of β-amino-alcohol motifs (C(OH)–C–C–N with tert-alkyl or cyclic N) is 1. The van der Waals surface area contributed by atoms with Gasteiger partial charge in [-0.3, -0.25) is 29.6 Å². The van der Waals surface area contributed by atoms with E-state index < -0.39 is 16.7 Å². The molecule has 5 N–H and O–H groups in total. The third-order valence-corrected chi connectivity index (χ3v) is 18.9. The van der Waals surface area contributed by atoms with E-state index in [0.29, 0.717) is 32.5 Å². The zero-order valence-corrected chi connectivity index (χ0v) is 51.2. The molecule has 432 valence electrons. The third-order valence-electron chi connectivity index (χ3n) is 18.9. The summed E-state index contributed by atoms with van der Waals surface area (Å²) in [6.07, 6.45) is 14.7. The van der Waals surface area contributed by atoms with Gasteiger partial charge in [-0.1, -0.05) is 97.5 Å². The number of hydrogen-bond acceptors (Lipinski definition) is 12. The number of rotatable bonds is 12. The van der Waals surface area contributed by atoms with Gasteiger partial charge in [0.05, 0.1) is 23.2 Å². The second-order valence-corrected chi connectivity index (χ2v) is 25.2. The summed E-state index contributed by atoms with van der Waals surface area (Å²) in [5.41, 5.74) is 1.18. The molecule has 10 rings (SSSR count). The van der Waals surface area contributed by atoms with Crippen molar-refractivity contribution in [2.24, 2.45) is 0 Å². The number of urea groups is 3. The van der Waals surface area contributed by atoms with Crippen molar-refractivity contribution in [3.63, 3.8) is 0 Å². The number of imide groups is 1. The van der Waals surface area contributed by atoms with Crippen molar-refractivity contribution in [1.29, 1.82) is 0 Å². The van der Waals surface area contributed by atoms with Crippen LogP contribution in [0, 0.1) is 0 Å². The van der Waals surface area contributed by atoms with Crippen LogP contribution in [0.2, 0.25) is 0 Å². The van der Waals surface area contributed by atoms with Crippen molar-refractivity contribution in [2.75, 3.05) is 75.0 Å². The van der Waals surface area contributed by atoms with Gasteiger partial charge >= 0.3 is 53.6 Å². The van der Waals surface area contributed by atoms with Crippen molar-refractivity contribution in [1.82, 2.24) is 45.3 Å². The molecule has 7 aliphatic rings. The number of esters is 1. The number of hydrogen-bond donors (Lipinski definition) is 4. The van der Waals surface area contributed by atoms with Gasteiger partial charge in [0.1, 0.15) is 17.7 Å². The van der Waals surface area contributed by atoms with E-state index in [-0.39, 0.29) is 106 Å². The van der Waals surface area contributed by atoms with Crippen molar-refractivity contribution >= 4 is 36.3 Å². The van der Waals surface area contributed by atoms with E-state index in [1.54, 1.807) is 9.80 Å². The van der Waals surface area contributed by atoms with Crippen molar-refractivity contribution in [3.8, 4) is 0 Å². The maximum Gasteiger partial charge on any atom is 1.00 e. The van der Waals surface area contributed by atoms with Crippen molar-refractivity contribution < 1.29 is 73.6 Å². The van der Waals surface area contributed by atoms with Gasteiger partial charge in [0, 0.05) is 29.7 Å². The van der Waals surface area contributed by atoms with Gasteiger partial charge in [-0.05, 0) is 176 Å². The van der Waals surface area contributed by atoms with E-state index in [0.717, 1.165) is 83.5 Å². The van der Waals surface area contributed by atoms with Gasteiger partial charge < -0.3 is 45.4 Å². The first-order valence-corrected chi connectivity index (χ1v) is 28.1. The number of nitrogens with zero attached hydrogens (tertiary/aromatic N) is 6. The first-order chi connectivity index (χ1) is 36.9. The molecule has 3 saturated heterocycles. The molecule has 4 aliphatic carbocycles. The average molecular weight is 1110 g/mol. The number of benzene rings is 3. The summed E-state index contributed by atoms with van der Waals surface area (Å²) in [4.78, 5) is 84.3. The van der Waals surface area contributed by atoms with Gasteiger partial charge in [-0.2, -0.15) is 0 Å². The Morgan fingerprint density at radius 2 is 1.06 bits per heavy atom. The molecule has 0 radical (unpaired) electrons. The normalized spacial score (nSPS) is 29.6. The molecule has 3 aromatic carbocycles. The van der Waals surface area contributed by atoms with Crippen LogP contribution in [0.1, 0.15) is 134 Å². The fourth-order valence-electron chi connectivity index (χ4n) is 14.0. The molecule has 7 fully saturated rings. The first-order valence-electron chi connectivity index (χ1n) is 28.1. The van der Waals surface area contributed by atoms with Crippen LogP contribution < -0.4 is 45.5 Å². The van der Waals surface area contributed by atoms with Gasteiger partial charge in [0.2, 0.25) is 0 Å². The number of carbonyl (C=O) groups is 5. The second-order valence-electron chi connectivity index (χ2n) is 25.2. The zero-order valence-electron chi connectivity index (χ0n) is 49.2. The number of aliphatic hydroxyl groups is 1. The fraction of sp³-hybridized carbons (Fsp3) is 0.607. The smallest absolute Gasteiger partial charge is 0.870 e. The monoisotopic (exact) mass is 1110 g/mol. The van der Waals surface area contributed by atoms with E-state index in [2.05, 4.69) is 146 Å². The second kappa shape index (κ2) is 25.3.